The predicted molar refractivity (Wildman–Crippen MR) is 92.4 cm³/mol. The number of halogens is 2. The zero-order valence-electron chi connectivity index (χ0n) is 11.9. The van der Waals surface area contributed by atoms with Gasteiger partial charge in [0.05, 0.1) is 16.0 Å². The number of nitrogens with one attached hydrogen (secondary N) is 1. The van der Waals surface area contributed by atoms with Gasteiger partial charge in [-0.3, -0.25) is 4.79 Å². The second-order valence-electron chi connectivity index (χ2n) is 4.91. The normalized spacial score (nSPS) is 12.0. The number of anilines is 2. The van der Waals surface area contributed by atoms with Crippen molar-refractivity contribution in [1.29, 1.82) is 0 Å². The molecule has 0 aliphatic carbocycles. The molecule has 2 aromatic carbocycles. The fourth-order valence-electron chi connectivity index (χ4n) is 2.14. The zero-order chi connectivity index (χ0) is 16.1. The number of nitrogen functional groups attached to an aromatic ring is 1. The van der Waals surface area contributed by atoms with E-state index in [-0.39, 0.29) is 5.91 Å². The first-order chi connectivity index (χ1) is 10.5. The van der Waals surface area contributed by atoms with E-state index in [0.717, 1.165) is 5.56 Å². The minimum atomic E-state index is -0.391. The van der Waals surface area contributed by atoms with E-state index in [4.69, 9.17) is 34.7 Å². The fourth-order valence-corrected chi connectivity index (χ4v) is 2.45. The molecule has 0 aliphatic heterocycles. The third-order valence-electron chi connectivity index (χ3n) is 3.30. The SMILES string of the molecule is NCCC(C(=O)Nc1ccc(N)cc1)c1ccc(Cl)c(Cl)c1. The van der Waals surface area contributed by atoms with Crippen LogP contribution in [0.15, 0.2) is 42.5 Å². The van der Waals surface area contributed by atoms with E-state index in [1.807, 2.05) is 0 Å². The number of carbonyl (C=O) groups excluding carboxylic acids is 1. The van der Waals surface area contributed by atoms with Crippen LogP contribution in [0.4, 0.5) is 11.4 Å². The average Bonchev–Trinajstić information content (AvgIpc) is 2.50. The Morgan fingerprint density at radius 3 is 2.36 bits per heavy atom. The standard InChI is InChI=1S/C16H17Cl2N3O/c17-14-6-1-10(9-15(14)18)13(7-8-19)16(22)21-12-4-2-11(20)3-5-12/h1-6,9,13H,7-8,19-20H2,(H,21,22). The lowest BCUT2D eigenvalue weighted by molar-refractivity contribution is -0.117. The first-order valence-corrected chi connectivity index (χ1v) is 7.58. The number of hydrogen-bond donors (Lipinski definition) is 3. The summed E-state index contributed by atoms with van der Waals surface area (Å²) in [4.78, 5) is 12.5. The highest BCUT2D eigenvalue weighted by molar-refractivity contribution is 6.42. The van der Waals surface area contributed by atoms with Crippen LogP contribution >= 0.6 is 23.2 Å². The summed E-state index contributed by atoms with van der Waals surface area (Å²) in [6.45, 7) is 0.389. The molecular weight excluding hydrogens is 321 g/mol. The highest BCUT2D eigenvalue weighted by Crippen LogP contribution is 2.29. The molecule has 6 heteroatoms. The van der Waals surface area contributed by atoms with Crippen LogP contribution in [-0.2, 0) is 4.79 Å². The fraction of sp³-hybridized carbons (Fsp3) is 0.188. The molecule has 0 heterocycles. The average molecular weight is 338 g/mol. The summed E-state index contributed by atoms with van der Waals surface area (Å²) in [5.41, 5.74) is 13.4. The molecule has 1 atom stereocenters. The molecule has 0 bridgehead atoms. The lowest BCUT2D eigenvalue weighted by atomic mass is 9.94. The number of carbonyl (C=O) groups is 1. The Labute approximate surface area is 139 Å². The van der Waals surface area contributed by atoms with Gasteiger partial charge in [0.15, 0.2) is 0 Å². The smallest absolute Gasteiger partial charge is 0.231 e. The minimum Gasteiger partial charge on any atom is -0.399 e. The van der Waals surface area contributed by atoms with Crippen molar-refractivity contribution < 1.29 is 4.79 Å². The van der Waals surface area contributed by atoms with Gasteiger partial charge in [-0.05, 0) is 54.9 Å². The summed E-state index contributed by atoms with van der Waals surface area (Å²) in [7, 11) is 0. The minimum absolute atomic E-state index is 0.145. The molecule has 0 saturated carbocycles. The van der Waals surface area contributed by atoms with E-state index in [9.17, 15) is 4.79 Å². The second-order valence-corrected chi connectivity index (χ2v) is 5.73. The van der Waals surface area contributed by atoms with Gasteiger partial charge in [-0.1, -0.05) is 29.3 Å². The van der Waals surface area contributed by atoms with Crippen molar-refractivity contribution in [2.75, 3.05) is 17.6 Å². The van der Waals surface area contributed by atoms with Gasteiger partial charge in [-0.2, -0.15) is 0 Å². The van der Waals surface area contributed by atoms with E-state index in [1.54, 1.807) is 42.5 Å². The highest BCUT2D eigenvalue weighted by Gasteiger charge is 2.21. The molecule has 2 aromatic rings. The molecule has 0 saturated heterocycles. The molecule has 116 valence electrons. The van der Waals surface area contributed by atoms with Crippen LogP contribution in [-0.4, -0.2) is 12.5 Å². The van der Waals surface area contributed by atoms with Crippen LogP contribution in [0, 0.1) is 0 Å². The molecule has 22 heavy (non-hydrogen) atoms. The van der Waals surface area contributed by atoms with Crippen LogP contribution in [0.3, 0.4) is 0 Å². The predicted octanol–water partition coefficient (Wildman–Crippen LogP) is 3.65. The lowest BCUT2D eigenvalue weighted by Gasteiger charge is -2.17. The van der Waals surface area contributed by atoms with Gasteiger partial charge < -0.3 is 16.8 Å². The molecule has 1 unspecified atom stereocenters. The van der Waals surface area contributed by atoms with Gasteiger partial charge in [-0.15, -0.1) is 0 Å². The van der Waals surface area contributed by atoms with E-state index in [2.05, 4.69) is 5.32 Å². The topological polar surface area (TPSA) is 81.1 Å². The van der Waals surface area contributed by atoms with Crippen LogP contribution in [0.25, 0.3) is 0 Å². The van der Waals surface area contributed by atoms with Crippen LogP contribution in [0.2, 0.25) is 10.0 Å². The molecule has 0 radical (unpaired) electrons. The van der Waals surface area contributed by atoms with Crippen molar-refractivity contribution in [1.82, 2.24) is 0 Å². The van der Waals surface area contributed by atoms with Crippen LogP contribution in [0.5, 0.6) is 0 Å². The molecule has 0 aliphatic rings. The molecule has 0 spiro atoms. The van der Waals surface area contributed by atoms with Crippen molar-refractivity contribution in [2.45, 2.75) is 12.3 Å². The highest BCUT2D eigenvalue weighted by atomic mass is 35.5. The largest absolute Gasteiger partial charge is 0.399 e. The molecule has 4 nitrogen and oxygen atoms in total. The maximum atomic E-state index is 12.5. The number of rotatable bonds is 5. The number of amides is 1. The summed E-state index contributed by atoms with van der Waals surface area (Å²) < 4.78 is 0. The Morgan fingerprint density at radius 2 is 1.77 bits per heavy atom. The van der Waals surface area contributed by atoms with Crippen LogP contribution in [0.1, 0.15) is 17.9 Å². The van der Waals surface area contributed by atoms with E-state index in [1.165, 1.54) is 0 Å². The van der Waals surface area contributed by atoms with Gasteiger partial charge in [0.2, 0.25) is 5.91 Å². The van der Waals surface area contributed by atoms with Crippen molar-refractivity contribution in [3.8, 4) is 0 Å². The van der Waals surface area contributed by atoms with Crippen molar-refractivity contribution in [2.24, 2.45) is 5.73 Å². The van der Waals surface area contributed by atoms with Gasteiger partial charge in [0.25, 0.3) is 0 Å². The monoisotopic (exact) mass is 337 g/mol. The van der Waals surface area contributed by atoms with Gasteiger partial charge in [0, 0.05) is 11.4 Å². The van der Waals surface area contributed by atoms with Crippen molar-refractivity contribution in [3.05, 3.63) is 58.1 Å². The maximum absolute atomic E-state index is 12.5. The van der Waals surface area contributed by atoms with E-state index >= 15 is 0 Å². The Morgan fingerprint density at radius 1 is 1.09 bits per heavy atom. The Bertz CT molecular complexity index is 659. The van der Waals surface area contributed by atoms with Gasteiger partial charge in [0.1, 0.15) is 0 Å². The summed E-state index contributed by atoms with van der Waals surface area (Å²) in [6.07, 6.45) is 0.513. The first kappa shape index (κ1) is 16.6. The lowest BCUT2D eigenvalue weighted by Crippen LogP contribution is -2.23. The molecule has 0 fully saturated rings. The first-order valence-electron chi connectivity index (χ1n) is 6.82. The third kappa shape index (κ3) is 4.13. The van der Waals surface area contributed by atoms with Crippen LogP contribution < -0.4 is 16.8 Å². The number of nitrogens with two attached hydrogens (primary N) is 2. The third-order valence-corrected chi connectivity index (χ3v) is 4.04. The van der Waals surface area contributed by atoms with Gasteiger partial charge in [-0.25, -0.2) is 0 Å². The molecule has 1 amide bonds. The Balaban J connectivity index is 2.20. The summed E-state index contributed by atoms with van der Waals surface area (Å²) in [5.74, 6) is -0.536. The molecule has 0 aromatic heterocycles. The Hall–Kier alpha value is -1.75. The van der Waals surface area contributed by atoms with E-state index in [0.29, 0.717) is 34.4 Å². The molecule has 5 N–H and O–H groups in total. The molecular formula is C16H17Cl2N3O. The Kier molecular flexibility index (Phi) is 5.66. The zero-order valence-corrected chi connectivity index (χ0v) is 13.4. The van der Waals surface area contributed by atoms with Gasteiger partial charge >= 0.3 is 0 Å². The number of hydrogen-bond acceptors (Lipinski definition) is 3. The number of benzene rings is 2. The summed E-state index contributed by atoms with van der Waals surface area (Å²) in [6, 6.07) is 12.1. The summed E-state index contributed by atoms with van der Waals surface area (Å²) in [5, 5.41) is 3.73. The van der Waals surface area contributed by atoms with Crippen molar-refractivity contribution in [3.63, 3.8) is 0 Å². The van der Waals surface area contributed by atoms with Crippen molar-refractivity contribution >= 4 is 40.5 Å². The molecule has 2 rings (SSSR count). The quantitative estimate of drug-likeness (QED) is 0.728. The summed E-state index contributed by atoms with van der Waals surface area (Å²) >= 11 is 11.9. The van der Waals surface area contributed by atoms with E-state index < -0.39 is 5.92 Å². The maximum Gasteiger partial charge on any atom is 0.231 e. The second kappa shape index (κ2) is 7.49.